The average Bonchev–Trinajstić information content (AvgIpc) is 2.68. The van der Waals surface area contributed by atoms with Crippen LogP contribution in [0.5, 0.6) is 11.5 Å². The highest BCUT2D eigenvalue weighted by molar-refractivity contribution is 5.97. The minimum absolute atomic E-state index is 0.0963. The molecule has 2 aromatic carbocycles. The summed E-state index contributed by atoms with van der Waals surface area (Å²) in [6.07, 6.45) is -1.34. The predicted molar refractivity (Wildman–Crippen MR) is 94.0 cm³/mol. The van der Waals surface area contributed by atoms with Gasteiger partial charge in [-0.3, -0.25) is 4.79 Å². The molecule has 0 spiro atoms. The monoisotopic (exact) mass is 397 g/mol. The van der Waals surface area contributed by atoms with E-state index in [1.165, 1.54) is 32.2 Å². The molecule has 9 heteroatoms. The van der Waals surface area contributed by atoms with Crippen LogP contribution < -0.4 is 14.8 Å². The number of hydrogen-bond acceptors (Lipinski definition) is 5. The number of carbonyl (C=O) groups excluding carboxylic acids is 2. The van der Waals surface area contributed by atoms with Crippen LogP contribution in [0, 0.1) is 17.5 Å². The zero-order chi connectivity index (χ0) is 20.8. The van der Waals surface area contributed by atoms with Crippen molar-refractivity contribution in [3.8, 4) is 11.5 Å². The topological polar surface area (TPSA) is 73.9 Å². The smallest absolute Gasteiger partial charge is 0.339 e. The molecule has 0 aliphatic heterocycles. The minimum atomic E-state index is -1.72. The number of ether oxygens (including phenoxy) is 3. The van der Waals surface area contributed by atoms with E-state index in [9.17, 15) is 22.8 Å². The summed E-state index contributed by atoms with van der Waals surface area (Å²) in [7, 11) is 1.40. The van der Waals surface area contributed by atoms with Crippen LogP contribution in [0.2, 0.25) is 0 Å². The number of rotatable bonds is 7. The number of hydrogen-bond donors (Lipinski definition) is 1. The summed E-state index contributed by atoms with van der Waals surface area (Å²) in [4.78, 5) is 24.3. The lowest BCUT2D eigenvalue weighted by Crippen LogP contribution is -2.30. The largest absolute Gasteiger partial charge is 0.493 e. The Bertz CT molecular complexity index is 888. The van der Waals surface area contributed by atoms with Crippen molar-refractivity contribution in [1.29, 1.82) is 0 Å². The second-order valence-corrected chi connectivity index (χ2v) is 5.56. The van der Waals surface area contributed by atoms with Gasteiger partial charge < -0.3 is 19.5 Å². The standard InChI is InChI=1S/C19H18F3NO5/c1-4-27-14-8-5-11(9-15(14)26-3)19(25)28-10(2)18(24)23-13-7-6-12(20)16(21)17(13)22/h5-10H,4H2,1-3H3,(H,23,24)/t10-/m0/s1. The molecule has 1 atom stereocenters. The first-order valence-electron chi connectivity index (χ1n) is 8.24. The first-order chi connectivity index (χ1) is 13.3. The van der Waals surface area contributed by atoms with E-state index in [-0.39, 0.29) is 5.56 Å². The van der Waals surface area contributed by atoms with Crippen molar-refractivity contribution in [3.05, 3.63) is 53.3 Å². The normalized spacial score (nSPS) is 11.5. The van der Waals surface area contributed by atoms with Crippen LogP contribution in [0.1, 0.15) is 24.2 Å². The summed E-state index contributed by atoms with van der Waals surface area (Å²) in [6, 6.07) is 5.84. The van der Waals surface area contributed by atoms with Crippen molar-refractivity contribution >= 4 is 17.6 Å². The van der Waals surface area contributed by atoms with E-state index in [0.29, 0.717) is 24.2 Å². The van der Waals surface area contributed by atoms with Crippen molar-refractivity contribution in [3.63, 3.8) is 0 Å². The van der Waals surface area contributed by atoms with Crippen LogP contribution in [0.4, 0.5) is 18.9 Å². The second kappa shape index (κ2) is 9.12. The molecular formula is C19H18F3NO5. The van der Waals surface area contributed by atoms with Gasteiger partial charge in [0.25, 0.3) is 5.91 Å². The lowest BCUT2D eigenvalue weighted by atomic mass is 10.2. The van der Waals surface area contributed by atoms with E-state index < -0.39 is 41.1 Å². The van der Waals surface area contributed by atoms with E-state index >= 15 is 0 Å². The SMILES string of the molecule is CCOc1ccc(C(=O)O[C@@H](C)C(=O)Nc2ccc(F)c(F)c2F)cc1OC. The van der Waals surface area contributed by atoms with Crippen molar-refractivity contribution in [2.45, 2.75) is 20.0 Å². The molecular weight excluding hydrogens is 379 g/mol. The maximum absolute atomic E-state index is 13.6. The van der Waals surface area contributed by atoms with E-state index in [1.807, 2.05) is 5.32 Å². The van der Waals surface area contributed by atoms with Gasteiger partial charge in [-0.2, -0.15) is 0 Å². The summed E-state index contributed by atoms with van der Waals surface area (Å²) < 4.78 is 55.3. The van der Waals surface area contributed by atoms with Crippen LogP contribution >= 0.6 is 0 Å². The summed E-state index contributed by atoms with van der Waals surface area (Å²) in [6.45, 7) is 3.44. The van der Waals surface area contributed by atoms with Crippen LogP contribution in [0.15, 0.2) is 30.3 Å². The fourth-order valence-corrected chi connectivity index (χ4v) is 2.21. The fourth-order valence-electron chi connectivity index (χ4n) is 2.21. The molecule has 0 saturated carbocycles. The van der Waals surface area contributed by atoms with Crippen LogP contribution in [-0.2, 0) is 9.53 Å². The Morgan fingerprint density at radius 1 is 1.07 bits per heavy atom. The Hall–Kier alpha value is -3.23. The molecule has 0 aliphatic rings. The first kappa shape index (κ1) is 21.1. The highest BCUT2D eigenvalue weighted by atomic mass is 19.2. The van der Waals surface area contributed by atoms with Gasteiger partial charge >= 0.3 is 5.97 Å². The molecule has 150 valence electrons. The molecule has 1 amide bonds. The lowest BCUT2D eigenvalue weighted by Gasteiger charge is -2.15. The molecule has 2 rings (SSSR count). The minimum Gasteiger partial charge on any atom is -0.493 e. The first-order valence-corrected chi connectivity index (χ1v) is 8.24. The summed E-state index contributed by atoms with van der Waals surface area (Å²) >= 11 is 0. The van der Waals surface area contributed by atoms with E-state index in [0.717, 1.165) is 6.07 Å². The predicted octanol–water partition coefficient (Wildman–Crippen LogP) is 3.70. The zero-order valence-electron chi connectivity index (χ0n) is 15.3. The maximum atomic E-state index is 13.6. The van der Waals surface area contributed by atoms with Gasteiger partial charge in [0.15, 0.2) is 35.1 Å². The average molecular weight is 397 g/mol. The Morgan fingerprint density at radius 2 is 1.79 bits per heavy atom. The maximum Gasteiger partial charge on any atom is 0.339 e. The van der Waals surface area contributed by atoms with Crippen molar-refractivity contribution in [2.75, 3.05) is 19.0 Å². The molecule has 2 aromatic rings. The van der Waals surface area contributed by atoms with E-state index in [1.54, 1.807) is 6.92 Å². The highest BCUT2D eigenvalue weighted by Crippen LogP contribution is 2.28. The van der Waals surface area contributed by atoms with Gasteiger partial charge in [0.05, 0.1) is 25.0 Å². The molecule has 28 heavy (non-hydrogen) atoms. The number of benzene rings is 2. The summed E-state index contributed by atoms with van der Waals surface area (Å²) in [5.41, 5.74) is -0.478. The summed E-state index contributed by atoms with van der Waals surface area (Å²) in [5, 5.41) is 2.04. The van der Waals surface area contributed by atoms with Crippen LogP contribution in [-0.4, -0.2) is 31.7 Å². The van der Waals surface area contributed by atoms with Gasteiger partial charge in [-0.15, -0.1) is 0 Å². The molecule has 1 N–H and O–H groups in total. The Balaban J connectivity index is 2.07. The van der Waals surface area contributed by atoms with Crippen molar-refractivity contribution < 1.29 is 37.0 Å². The fraction of sp³-hybridized carbons (Fsp3) is 0.263. The lowest BCUT2D eigenvalue weighted by molar-refractivity contribution is -0.123. The number of anilines is 1. The number of amides is 1. The van der Waals surface area contributed by atoms with Gasteiger partial charge in [-0.1, -0.05) is 0 Å². The molecule has 0 aliphatic carbocycles. The molecule has 0 unspecified atom stereocenters. The number of esters is 1. The summed E-state index contributed by atoms with van der Waals surface area (Å²) in [5.74, 6) is -5.68. The van der Waals surface area contributed by atoms with Gasteiger partial charge in [-0.05, 0) is 44.2 Å². The van der Waals surface area contributed by atoms with Crippen molar-refractivity contribution in [2.24, 2.45) is 0 Å². The molecule has 6 nitrogen and oxygen atoms in total. The number of methoxy groups -OCH3 is 1. The third kappa shape index (κ3) is 4.73. The molecule has 0 fully saturated rings. The zero-order valence-corrected chi connectivity index (χ0v) is 15.3. The van der Waals surface area contributed by atoms with E-state index in [2.05, 4.69) is 0 Å². The highest BCUT2D eigenvalue weighted by Gasteiger charge is 2.22. The van der Waals surface area contributed by atoms with Gasteiger partial charge in [0.2, 0.25) is 0 Å². The number of halogens is 3. The molecule has 0 saturated heterocycles. The molecule has 0 heterocycles. The van der Waals surface area contributed by atoms with Gasteiger partial charge in [0.1, 0.15) is 0 Å². The Labute approximate surface area is 159 Å². The van der Waals surface area contributed by atoms with Crippen LogP contribution in [0.25, 0.3) is 0 Å². The quantitative estimate of drug-likeness (QED) is 0.570. The molecule has 0 bridgehead atoms. The second-order valence-electron chi connectivity index (χ2n) is 5.56. The van der Waals surface area contributed by atoms with Crippen molar-refractivity contribution in [1.82, 2.24) is 0 Å². The Kier molecular flexibility index (Phi) is 6.86. The number of carbonyl (C=O) groups is 2. The third-order valence-corrected chi connectivity index (χ3v) is 3.65. The molecule has 0 aromatic heterocycles. The van der Waals surface area contributed by atoms with Crippen LogP contribution in [0.3, 0.4) is 0 Å². The Morgan fingerprint density at radius 3 is 2.43 bits per heavy atom. The van der Waals surface area contributed by atoms with Gasteiger partial charge in [0, 0.05) is 0 Å². The van der Waals surface area contributed by atoms with Gasteiger partial charge in [-0.25, -0.2) is 18.0 Å². The number of nitrogens with one attached hydrogen (secondary N) is 1. The van der Waals surface area contributed by atoms with E-state index in [4.69, 9.17) is 14.2 Å². The third-order valence-electron chi connectivity index (χ3n) is 3.65. The molecule has 0 radical (unpaired) electrons.